The summed E-state index contributed by atoms with van der Waals surface area (Å²) in [5.74, 6) is 0.938. The number of hydrogen-bond donors (Lipinski definition) is 1. The summed E-state index contributed by atoms with van der Waals surface area (Å²) in [4.78, 5) is 4.52. The summed E-state index contributed by atoms with van der Waals surface area (Å²) in [7, 11) is 0. The molecule has 1 aliphatic heterocycles. The first-order valence-corrected chi connectivity index (χ1v) is 5.20. The third kappa shape index (κ3) is 1.49. The number of fused-ring (bicyclic) bond motifs is 1. The number of nitrogens with one attached hydrogen (secondary N) is 1. The lowest BCUT2D eigenvalue weighted by atomic mass is 10.1. The average Bonchev–Trinajstić information content (AvgIpc) is 2.45. The predicted octanol–water partition coefficient (Wildman–Crippen LogP) is 1.84. The van der Waals surface area contributed by atoms with Gasteiger partial charge in [-0.1, -0.05) is 0 Å². The van der Waals surface area contributed by atoms with Crippen molar-refractivity contribution in [3.8, 4) is 0 Å². The third-order valence-electron chi connectivity index (χ3n) is 2.89. The highest BCUT2D eigenvalue weighted by Crippen LogP contribution is 2.29. The molecule has 1 N–H and O–H groups in total. The van der Waals surface area contributed by atoms with Crippen molar-refractivity contribution in [1.29, 1.82) is 5.41 Å². The Bertz CT molecular complexity index is 418. The minimum atomic E-state index is -0.337. The Morgan fingerprint density at radius 2 is 2.20 bits per heavy atom. The van der Waals surface area contributed by atoms with Crippen molar-refractivity contribution < 1.29 is 4.74 Å². The van der Waals surface area contributed by atoms with Crippen molar-refractivity contribution in [2.45, 2.75) is 39.8 Å². The second kappa shape index (κ2) is 3.17. The molecule has 82 valence electrons. The molecule has 0 saturated heterocycles. The van der Waals surface area contributed by atoms with Crippen LogP contribution < -0.4 is 0 Å². The Kier molecular flexibility index (Phi) is 2.19. The number of aromatic nitrogens is 2. The molecule has 0 atom stereocenters. The Morgan fingerprint density at radius 1 is 1.53 bits per heavy atom. The number of hydrogen-bond acceptors (Lipinski definition) is 3. The molecule has 0 saturated carbocycles. The minimum Gasteiger partial charge on any atom is -0.366 e. The third-order valence-corrected chi connectivity index (χ3v) is 2.89. The van der Waals surface area contributed by atoms with Gasteiger partial charge >= 0.3 is 0 Å². The number of imidazole rings is 1. The summed E-state index contributed by atoms with van der Waals surface area (Å²) in [5, 5.41) is 7.67. The molecular weight excluding hydrogens is 190 g/mol. The lowest BCUT2D eigenvalue weighted by Gasteiger charge is -2.30. The van der Waals surface area contributed by atoms with Crippen LogP contribution in [0, 0.1) is 12.3 Å². The maximum atomic E-state index is 7.67. The van der Waals surface area contributed by atoms with E-state index in [9.17, 15) is 0 Å². The zero-order chi connectivity index (χ0) is 11.2. The molecule has 2 heterocycles. The maximum absolute atomic E-state index is 7.67. The molecule has 0 spiro atoms. The SMILES string of the molecule is CC(=N)c1nc2n(c1C)CCOC2(C)C. The average molecular weight is 207 g/mol. The molecule has 2 rings (SSSR count). The standard InChI is InChI=1S/C11H17N3O/c1-7(12)9-8(2)14-5-6-15-11(3,4)10(14)13-9/h12H,5-6H2,1-4H3. The Hall–Kier alpha value is -1.16. The fourth-order valence-electron chi connectivity index (χ4n) is 2.08. The van der Waals surface area contributed by atoms with Crippen LogP contribution in [0.15, 0.2) is 0 Å². The smallest absolute Gasteiger partial charge is 0.141 e. The highest BCUT2D eigenvalue weighted by atomic mass is 16.5. The number of nitrogens with zero attached hydrogens (tertiary/aromatic N) is 2. The van der Waals surface area contributed by atoms with Gasteiger partial charge in [-0.05, 0) is 27.7 Å². The zero-order valence-electron chi connectivity index (χ0n) is 9.72. The fourth-order valence-corrected chi connectivity index (χ4v) is 2.08. The van der Waals surface area contributed by atoms with Gasteiger partial charge in [-0.15, -0.1) is 0 Å². The normalized spacial score (nSPS) is 18.7. The molecule has 0 radical (unpaired) electrons. The van der Waals surface area contributed by atoms with Gasteiger partial charge < -0.3 is 14.7 Å². The van der Waals surface area contributed by atoms with Gasteiger partial charge in [-0.25, -0.2) is 4.98 Å². The monoisotopic (exact) mass is 207 g/mol. The molecular formula is C11H17N3O. The second-order valence-corrected chi connectivity index (χ2v) is 4.50. The molecule has 0 unspecified atom stereocenters. The topological polar surface area (TPSA) is 50.9 Å². The summed E-state index contributed by atoms with van der Waals surface area (Å²) in [6.45, 7) is 9.39. The van der Waals surface area contributed by atoms with E-state index in [1.165, 1.54) is 0 Å². The van der Waals surface area contributed by atoms with E-state index in [0.717, 1.165) is 23.8 Å². The van der Waals surface area contributed by atoms with Gasteiger partial charge in [0.05, 0.1) is 12.3 Å². The van der Waals surface area contributed by atoms with Gasteiger partial charge in [0.15, 0.2) is 0 Å². The molecule has 15 heavy (non-hydrogen) atoms. The van der Waals surface area contributed by atoms with Crippen LogP contribution in [0.1, 0.15) is 38.0 Å². The molecule has 0 bridgehead atoms. The van der Waals surface area contributed by atoms with Crippen molar-refractivity contribution >= 4 is 5.71 Å². The van der Waals surface area contributed by atoms with Gasteiger partial charge in [0.1, 0.15) is 17.1 Å². The molecule has 1 aliphatic rings. The lowest BCUT2D eigenvalue weighted by Crippen LogP contribution is -2.33. The van der Waals surface area contributed by atoms with Crippen LogP contribution in [0.5, 0.6) is 0 Å². The van der Waals surface area contributed by atoms with Crippen molar-refractivity contribution in [3.05, 3.63) is 17.2 Å². The summed E-state index contributed by atoms with van der Waals surface area (Å²) in [6.07, 6.45) is 0. The quantitative estimate of drug-likeness (QED) is 0.714. The molecule has 0 amide bonds. The summed E-state index contributed by atoms with van der Waals surface area (Å²) in [5.41, 5.74) is 2.05. The maximum Gasteiger partial charge on any atom is 0.141 e. The van der Waals surface area contributed by atoms with E-state index in [0.29, 0.717) is 12.3 Å². The zero-order valence-corrected chi connectivity index (χ0v) is 9.72. The lowest BCUT2D eigenvalue weighted by molar-refractivity contribution is -0.0543. The molecule has 1 aromatic rings. The summed E-state index contributed by atoms with van der Waals surface area (Å²) >= 11 is 0. The predicted molar refractivity (Wildman–Crippen MR) is 58.4 cm³/mol. The number of rotatable bonds is 1. The molecule has 4 nitrogen and oxygen atoms in total. The van der Waals surface area contributed by atoms with E-state index in [1.54, 1.807) is 6.92 Å². The van der Waals surface area contributed by atoms with E-state index in [-0.39, 0.29) is 5.60 Å². The summed E-state index contributed by atoms with van der Waals surface area (Å²) in [6, 6.07) is 0. The molecule has 1 aromatic heterocycles. The van der Waals surface area contributed by atoms with Crippen molar-refractivity contribution in [1.82, 2.24) is 9.55 Å². The Balaban J connectivity index is 2.60. The Morgan fingerprint density at radius 3 is 2.73 bits per heavy atom. The van der Waals surface area contributed by atoms with Crippen LogP contribution in [0.2, 0.25) is 0 Å². The van der Waals surface area contributed by atoms with Gasteiger partial charge in [-0.2, -0.15) is 0 Å². The second-order valence-electron chi connectivity index (χ2n) is 4.50. The van der Waals surface area contributed by atoms with Crippen LogP contribution in [0.4, 0.5) is 0 Å². The van der Waals surface area contributed by atoms with E-state index in [1.807, 2.05) is 20.8 Å². The summed E-state index contributed by atoms with van der Waals surface area (Å²) < 4.78 is 7.85. The van der Waals surface area contributed by atoms with Crippen LogP contribution in [0.3, 0.4) is 0 Å². The van der Waals surface area contributed by atoms with Gasteiger partial charge in [0.2, 0.25) is 0 Å². The van der Waals surface area contributed by atoms with E-state index < -0.39 is 0 Å². The van der Waals surface area contributed by atoms with Crippen LogP contribution in [-0.4, -0.2) is 21.9 Å². The molecule has 0 aliphatic carbocycles. The molecule has 4 heteroatoms. The first-order chi connectivity index (χ1) is 6.93. The molecule has 0 fully saturated rings. The van der Waals surface area contributed by atoms with E-state index >= 15 is 0 Å². The molecule has 0 aromatic carbocycles. The van der Waals surface area contributed by atoms with E-state index in [2.05, 4.69) is 9.55 Å². The van der Waals surface area contributed by atoms with Gasteiger partial charge in [-0.3, -0.25) is 0 Å². The van der Waals surface area contributed by atoms with Crippen LogP contribution in [0.25, 0.3) is 0 Å². The van der Waals surface area contributed by atoms with Crippen LogP contribution in [-0.2, 0) is 16.9 Å². The highest BCUT2D eigenvalue weighted by Gasteiger charge is 2.32. The minimum absolute atomic E-state index is 0.337. The first kappa shape index (κ1) is 10.4. The van der Waals surface area contributed by atoms with Crippen molar-refractivity contribution in [2.75, 3.05) is 6.61 Å². The number of ether oxygens (including phenoxy) is 1. The van der Waals surface area contributed by atoms with Crippen molar-refractivity contribution in [2.24, 2.45) is 0 Å². The fraction of sp³-hybridized carbons (Fsp3) is 0.636. The van der Waals surface area contributed by atoms with Crippen molar-refractivity contribution in [3.63, 3.8) is 0 Å². The highest BCUT2D eigenvalue weighted by molar-refractivity contribution is 5.95. The van der Waals surface area contributed by atoms with Gasteiger partial charge in [0, 0.05) is 12.2 Å². The van der Waals surface area contributed by atoms with Gasteiger partial charge in [0.25, 0.3) is 0 Å². The van der Waals surface area contributed by atoms with E-state index in [4.69, 9.17) is 10.1 Å². The first-order valence-electron chi connectivity index (χ1n) is 5.20. The largest absolute Gasteiger partial charge is 0.366 e. The Labute approximate surface area is 89.8 Å². The van der Waals surface area contributed by atoms with Crippen LogP contribution >= 0.6 is 0 Å².